The summed E-state index contributed by atoms with van der Waals surface area (Å²) < 4.78 is 10.2. The Hall–Kier alpha value is -1.18. The molecule has 0 radical (unpaired) electrons. The molecule has 0 saturated carbocycles. The van der Waals surface area contributed by atoms with E-state index in [1.54, 1.807) is 12.5 Å². The SMILES string of the molecule is C=C(COC=CC)COC=CC. The van der Waals surface area contributed by atoms with Gasteiger partial charge in [0.05, 0.1) is 12.5 Å². The molecule has 12 heavy (non-hydrogen) atoms. The zero-order chi connectivity index (χ0) is 9.23. The first-order valence-corrected chi connectivity index (χ1v) is 3.93. The van der Waals surface area contributed by atoms with E-state index in [-0.39, 0.29) is 0 Å². The number of hydrogen-bond donors (Lipinski definition) is 0. The zero-order valence-electron chi connectivity index (χ0n) is 7.75. The fraction of sp³-hybridized carbons (Fsp3) is 0.400. The molecule has 2 nitrogen and oxygen atoms in total. The van der Waals surface area contributed by atoms with Gasteiger partial charge in [-0.25, -0.2) is 0 Å². The molecule has 68 valence electrons. The van der Waals surface area contributed by atoms with Gasteiger partial charge < -0.3 is 9.47 Å². The Morgan fingerprint density at radius 3 is 1.83 bits per heavy atom. The molecule has 0 atom stereocenters. The minimum absolute atomic E-state index is 0.516. The highest BCUT2D eigenvalue weighted by atomic mass is 16.5. The van der Waals surface area contributed by atoms with Gasteiger partial charge in [-0.1, -0.05) is 18.7 Å². The minimum Gasteiger partial charge on any atom is -0.497 e. The zero-order valence-corrected chi connectivity index (χ0v) is 7.75. The number of hydrogen-bond acceptors (Lipinski definition) is 2. The molecule has 2 heteroatoms. The maximum absolute atomic E-state index is 5.09. The second kappa shape index (κ2) is 7.92. The van der Waals surface area contributed by atoms with Crippen LogP contribution in [0.5, 0.6) is 0 Å². The van der Waals surface area contributed by atoms with E-state index < -0.39 is 0 Å². The smallest absolute Gasteiger partial charge is 0.111 e. The normalized spacial score (nSPS) is 10.8. The van der Waals surface area contributed by atoms with Crippen molar-refractivity contribution in [1.29, 1.82) is 0 Å². The molecule has 0 spiro atoms. The number of rotatable bonds is 6. The highest BCUT2D eigenvalue weighted by molar-refractivity contribution is 4.95. The highest BCUT2D eigenvalue weighted by Gasteiger charge is 1.91. The lowest BCUT2D eigenvalue weighted by atomic mass is 10.3. The van der Waals surface area contributed by atoms with Crippen LogP contribution in [0.4, 0.5) is 0 Å². The van der Waals surface area contributed by atoms with Crippen LogP contribution < -0.4 is 0 Å². The average molecular weight is 168 g/mol. The Bertz CT molecular complexity index is 151. The van der Waals surface area contributed by atoms with Gasteiger partial charge in [0.25, 0.3) is 0 Å². The van der Waals surface area contributed by atoms with Crippen LogP contribution in [-0.4, -0.2) is 13.2 Å². The van der Waals surface area contributed by atoms with E-state index in [0.29, 0.717) is 13.2 Å². The third-order valence-electron chi connectivity index (χ3n) is 1.04. The summed E-state index contributed by atoms with van der Waals surface area (Å²) in [4.78, 5) is 0. The summed E-state index contributed by atoms with van der Waals surface area (Å²) in [6.45, 7) is 8.62. The Morgan fingerprint density at radius 2 is 1.50 bits per heavy atom. The van der Waals surface area contributed by atoms with Gasteiger partial charge in [0.1, 0.15) is 13.2 Å². The predicted octanol–water partition coefficient (Wildman–Crippen LogP) is 2.64. The molecule has 0 aromatic heterocycles. The summed E-state index contributed by atoms with van der Waals surface area (Å²) in [6, 6.07) is 0. The van der Waals surface area contributed by atoms with E-state index in [1.165, 1.54) is 0 Å². The van der Waals surface area contributed by atoms with Crippen molar-refractivity contribution >= 4 is 0 Å². The van der Waals surface area contributed by atoms with E-state index in [2.05, 4.69) is 6.58 Å². The Labute approximate surface area is 74.2 Å². The van der Waals surface area contributed by atoms with Crippen LogP contribution in [0.2, 0.25) is 0 Å². The molecule has 0 heterocycles. The summed E-state index contributed by atoms with van der Waals surface area (Å²) >= 11 is 0. The average Bonchev–Trinajstić information content (AvgIpc) is 2.06. The molecule has 0 bridgehead atoms. The predicted molar refractivity (Wildman–Crippen MR) is 50.7 cm³/mol. The quantitative estimate of drug-likeness (QED) is 0.448. The van der Waals surface area contributed by atoms with Crippen molar-refractivity contribution in [3.8, 4) is 0 Å². The van der Waals surface area contributed by atoms with Gasteiger partial charge in [-0.2, -0.15) is 0 Å². The van der Waals surface area contributed by atoms with Gasteiger partial charge in [0.2, 0.25) is 0 Å². The molecule has 0 unspecified atom stereocenters. The second-order valence-corrected chi connectivity index (χ2v) is 2.31. The molecule has 0 fully saturated rings. The van der Waals surface area contributed by atoms with E-state index in [9.17, 15) is 0 Å². The second-order valence-electron chi connectivity index (χ2n) is 2.31. The molecule has 0 saturated heterocycles. The molecule has 0 aromatic rings. The number of ether oxygens (including phenoxy) is 2. The first-order valence-electron chi connectivity index (χ1n) is 3.93. The summed E-state index contributed by atoms with van der Waals surface area (Å²) in [5.74, 6) is 0. The van der Waals surface area contributed by atoms with Crippen molar-refractivity contribution in [3.63, 3.8) is 0 Å². The number of allylic oxidation sites excluding steroid dienone is 2. The molecule has 0 N–H and O–H groups in total. The van der Waals surface area contributed by atoms with Crippen LogP contribution in [-0.2, 0) is 9.47 Å². The lowest BCUT2D eigenvalue weighted by Crippen LogP contribution is -1.98. The maximum atomic E-state index is 5.09. The Balaban J connectivity index is 3.33. The molecule has 0 aliphatic carbocycles. The molecule has 0 amide bonds. The van der Waals surface area contributed by atoms with Crippen molar-refractivity contribution in [2.45, 2.75) is 13.8 Å². The van der Waals surface area contributed by atoms with Crippen LogP contribution in [0.25, 0.3) is 0 Å². The van der Waals surface area contributed by atoms with Gasteiger partial charge in [-0.15, -0.1) is 0 Å². The van der Waals surface area contributed by atoms with Gasteiger partial charge in [0, 0.05) is 0 Å². The van der Waals surface area contributed by atoms with Crippen molar-refractivity contribution in [1.82, 2.24) is 0 Å². The third kappa shape index (κ3) is 6.93. The fourth-order valence-electron chi connectivity index (χ4n) is 0.566. The summed E-state index contributed by atoms with van der Waals surface area (Å²) in [5, 5.41) is 0. The van der Waals surface area contributed by atoms with Gasteiger partial charge in [-0.05, 0) is 19.4 Å². The summed E-state index contributed by atoms with van der Waals surface area (Å²) in [7, 11) is 0. The first kappa shape index (κ1) is 10.8. The molecule has 0 aromatic carbocycles. The van der Waals surface area contributed by atoms with Gasteiger partial charge in [-0.3, -0.25) is 0 Å². The van der Waals surface area contributed by atoms with Crippen molar-refractivity contribution < 1.29 is 9.47 Å². The lowest BCUT2D eigenvalue weighted by Gasteiger charge is -2.04. The highest BCUT2D eigenvalue weighted by Crippen LogP contribution is 1.94. The van der Waals surface area contributed by atoms with Crippen molar-refractivity contribution in [2.24, 2.45) is 0 Å². The molecular formula is C10H16O2. The molecule has 0 aliphatic rings. The minimum atomic E-state index is 0.516. The molecular weight excluding hydrogens is 152 g/mol. The van der Waals surface area contributed by atoms with Crippen molar-refractivity contribution in [3.05, 3.63) is 36.8 Å². The standard InChI is InChI=1S/C10H16O2/c1-4-6-11-8-10(3)9-12-7-5-2/h4-7H,3,8-9H2,1-2H3. The largest absolute Gasteiger partial charge is 0.497 e. The van der Waals surface area contributed by atoms with Gasteiger partial charge >= 0.3 is 0 Å². The topological polar surface area (TPSA) is 18.5 Å². The monoisotopic (exact) mass is 168 g/mol. The van der Waals surface area contributed by atoms with Crippen LogP contribution in [0, 0.1) is 0 Å². The van der Waals surface area contributed by atoms with Crippen LogP contribution in [0.1, 0.15) is 13.8 Å². The first-order chi connectivity index (χ1) is 5.81. The fourth-order valence-corrected chi connectivity index (χ4v) is 0.566. The van der Waals surface area contributed by atoms with Crippen LogP contribution >= 0.6 is 0 Å². The Kier molecular flexibility index (Phi) is 7.14. The van der Waals surface area contributed by atoms with E-state index in [0.717, 1.165) is 5.57 Å². The van der Waals surface area contributed by atoms with Crippen LogP contribution in [0.3, 0.4) is 0 Å². The van der Waals surface area contributed by atoms with E-state index in [1.807, 2.05) is 26.0 Å². The summed E-state index contributed by atoms with van der Waals surface area (Å²) in [6.07, 6.45) is 6.95. The van der Waals surface area contributed by atoms with E-state index >= 15 is 0 Å². The Morgan fingerprint density at radius 1 is 1.08 bits per heavy atom. The van der Waals surface area contributed by atoms with Crippen molar-refractivity contribution in [2.75, 3.05) is 13.2 Å². The summed E-state index contributed by atoms with van der Waals surface area (Å²) in [5.41, 5.74) is 0.922. The van der Waals surface area contributed by atoms with Gasteiger partial charge in [0.15, 0.2) is 0 Å². The molecule has 0 rings (SSSR count). The third-order valence-corrected chi connectivity index (χ3v) is 1.04. The molecule has 0 aliphatic heterocycles. The van der Waals surface area contributed by atoms with Crippen LogP contribution in [0.15, 0.2) is 36.8 Å². The van der Waals surface area contributed by atoms with E-state index in [4.69, 9.17) is 9.47 Å². The lowest BCUT2D eigenvalue weighted by molar-refractivity contribution is 0.232. The maximum Gasteiger partial charge on any atom is 0.111 e.